The number of hydrogen-bond acceptors (Lipinski definition) is 3. The monoisotopic (exact) mass is 366 g/mol. The Hall–Kier alpha value is -2.76. The lowest BCUT2D eigenvalue weighted by Crippen LogP contribution is -2.37. The smallest absolute Gasteiger partial charge is 0.234 e. The third-order valence-electron chi connectivity index (χ3n) is 5.11. The number of aromatic nitrogens is 3. The van der Waals surface area contributed by atoms with E-state index in [0.29, 0.717) is 12.3 Å². The van der Waals surface area contributed by atoms with Crippen LogP contribution >= 0.6 is 0 Å². The Balaban J connectivity index is 1.72. The molecule has 0 radical (unpaired) electrons. The Morgan fingerprint density at radius 1 is 1.15 bits per heavy atom. The quantitative estimate of drug-likeness (QED) is 0.691. The molecule has 1 aromatic carbocycles. The molecule has 1 aliphatic heterocycles. The highest BCUT2D eigenvalue weighted by Gasteiger charge is 2.34. The van der Waals surface area contributed by atoms with Crippen molar-refractivity contribution in [3.8, 4) is 11.3 Å². The molecule has 6 heteroatoms. The summed E-state index contributed by atoms with van der Waals surface area (Å²) in [5.41, 5.74) is 2.48. The second kappa shape index (κ2) is 6.44. The second-order valence-electron chi connectivity index (χ2n) is 8.14. The van der Waals surface area contributed by atoms with E-state index in [0.717, 1.165) is 29.9 Å². The van der Waals surface area contributed by atoms with E-state index in [2.05, 4.69) is 9.97 Å². The van der Waals surface area contributed by atoms with E-state index in [1.54, 1.807) is 24.5 Å². The first kappa shape index (κ1) is 17.6. The minimum atomic E-state index is -0.378. The third-order valence-corrected chi connectivity index (χ3v) is 5.11. The van der Waals surface area contributed by atoms with Crippen molar-refractivity contribution in [1.82, 2.24) is 19.3 Å². The summed E-state index contributed by atoms with van der Waals surface area (Å²) in [5.74, 6) is 0.750. The maximum Gasteiger partial charge on any atom is 0.234 e. The predicted octanol–water partition coefficient (Wildman–Crippen LogP) is 3.90. The van der Waals surface area contributed by atoms with E-state index >= 15 is 0 Å². The van der Waals surface area contributed by atoms with Gasteiger partial charge < -0.3 is 4.90 Å². The molecule has 5 nitrogen and oxygen atoms in total. The van der Waals surface area contributed by atoms with Gasteiger partial charge in [-0.1, -0.05) is 20.8 Å². The van der Waals surface area contributed by atoms with Gasteiger partial charge in [0, 0.05) is 41.9 Å². The van der Waals surface area contributed by atoms with Crippen molar-refractivity contribution in [3.05, 3.63) is 54.2 Å². The summed E-state index contributed by atoms with van der Waals surface area (Å²) in [7, 11) is 0. The average Bonchev–Trinajstić information content (AvgIpc) is 3.28. The lowest BCUT2D eigenvalue weighted by molar-refractivity contribution is -0.138. The van der Waals surface area contributed by atoms with Gasteiger partial charge >= 0.3 is 0 Å². The molecule has 1 atom stereocenters. The first-order chi connectivity index (χ1) is 12.8. The zero-order valence-electron chi connectivity index (χ0n) is 15.8. The number of carbonyl (C=O) groups excluding carboxylic acids is 1. The number of hydrogen-bond donors (Lipinski definition) is 0. The van der Waals surface area contributed by atoms with Crippen LogP contribution in [0.5, 0.6) is 0 Å². The Morgan fingerprint density at radius 2 is 1.89 bits per heavy atom. The van der Waals surface area contributed by atoms with Crippen molar-refractivity contribution < 1.29 is 9.18 Å². The number of carbonyl (C=O) groups is 1. The molecule has 0 bridgehead atoms. The molecule has 3 heterocycles. The van der Waals surface area contributed by atoms with Crippen molar-refractivity contribution >= 4 is 11.7 Å². The Bertz CT molecular complexity index is 988. The number of nitrogens with zero attached hydrogens (tertiary/aromatic N) is 4. The number of halogens is 1. The third kappa shape index (κ3) is 3.20. The van der Waals surface area contributed by atoms with Crippen LogP contribution in [-0.4, -0.2) is 38.3 Å². The second-order valence-corrected chi connectivity index (χ2v) is 8.14. The van der Waals surface area contributed by atoms with Gasteiger partial charge in [-0.2, -0.15) is 0 Å². The van der Waals surface area contributed by atoms with Crippen LogP contribution in [0.3, 0.4) is 0 Å². The van der Waals surface area contributed by atoms with E-state index in [1.807, 2.05) is 36.1 Å². The number of amides is 1. The van der Waals surface area contributed by atoms with E-state index < -0.39 is 0 Å². The van der Waals surface area contributed by atoms with Crippen molar-refractivity contribution in [2.75, 3.05) is 13.1 Å². The highest BCUT2D eigenvalue weighted by atomic mass is 19.1. The van der Waals surface area contributed by atoms with Gasteiger partial charge in [0.05, 0.1) is 11.9 Å². The predicted molar refractivity (Wildman–Crippen MR) is 102 cm³/mol. The van der Waals surface area contributed by atoms with Gasteiger partial charge in [0.15, 0.2) is 0 Å². The molecule has 0 spiro atoms. The molecule has 4 rings (SSSR count). The molecule has 27 heavy (non-hydrogen) atoms. The topological polar surface area (TPSA) is 50.5 Å². The van der Waals surface area contributed by atoms with Crippen LogP contribution < -0.4 is 0 Å². The number of rotatable bonds is 2. The fourth-order valence-corrected chi connectivity index (χ4v) is 3.75. The standard InChI is InChI=1S/C21H23FN4O/c1-21(2,3)19(27)25-11-9-15(13-25)17-8-10-23-20-24-12-18(26(17)20)14-4-6-16(22)7-5-14/h4-8,10,12,15H,9,11,13H2,1-3H3/t15-/m0/s1. The van der Waals surface area contributed by atoms with E-state index in [9.17, 15) is 9.18 Å². The highest BCUT2D eigenvalue weighted by Crippen LogP contribution is 2.32. The zero-order valence-corrected chi connectivity index (χ0v) is 15.8. The summed E-state index contributed by atoms with van der Waals surface area (Å²) in [4.78, 5) is 23.4. The Kier molecular flexibility index (Phi) is 4.21. The maximum atomic E-state index is 13.3. The maximum absolute atomic E-state index is 13.3. The molecule has 2 aromatic heterocycles. The Morgan fingerprint density at radius 3 is 2.59 bits per heavy atom. The molecule has 0 saturated carbocycles. The molecule has 1 saturated heterocycles. The van der Waals surface area contributed by atoms with E-state index in [1.165, 1.54) is 12.1 Å². The van der Waals surface area contributed by atoms with Crippen LogP contribution in [0.2, 0.25) is 0 Å². The van der Waals surface area contributed by atoms with Crippen molar-refractivity contribution in [1.29, 1.82) is 0 Å². The van der Waals surface area contributed by atoms with Gasteiger partial charge in [-0.05, 0) is 36.8 Å². The first-order valence-electron chi connectivity index (χ1n) is 9.22. The van der Waals surface area contributed by atoms with Gasteiger partial charge in [0.2, 0.25) is 11.7 Å². The van der Waals surface area contributed by atoms with Crippen LogP contribution in [0.1, 0.15) is 38.8 Å². The van der Waals surface area contributed by atoms with E-state index in [-0.39, 0.29) is 23.1 Å². The molecular weight excluding hydrogens is 343 g/mol. The molecule has 1 aliphatic rings. The summed E-state index contributed by atoms with van der Waals surface area (Å²) >= 11 is 0. The summed E-state index contributed by atoms with van der Waals surface area (Å²) in [6.07, 6.45) is 4.44. The normalized spacial score (nSPS) is 17.6. The summed E-state index contributed by atoms with van der Waals surface area (Å²) in [6, 6.07) is 8.39. The highest BCUT2D eigenvalue weighted by molar-refractivity contribution is 5.81. The fraction of sp³-hybridized carbons (Fsp3) is 0.381. The van der Waals surface area contributed by atoms with Gasteiger partial charge in [-0.3, -0.25) is 9.20 Å². The molecule has 3 aromatic rings. The van der Waals surface area contributed by atoms with Gasteiger partial charge in [0.1, 0.15) is 5.82 Å². The molecule has 1 amide bonds. The minimum Gasteiger partial charge on any atom is -0.342 e. The fourth-order valence-electron chi connectivity index (χ4n) is 3.75. The van der Waals surface area contributed by atoms with Crippen LogP contribution in [0, 0.1) is 11.2 Å². The number of imidazole rings is 1. The summed E-state index contributed by atoms with van der Waals surface area (Å²) in [6.45, 7) is 7.31. The molecule has 1 fully saturated rings. The van der Waals surface area contributed by atoms with Gasteiger partial charge in [-0.25, -0.2) is 14.4 Å². The lowest BCUT2D eigenvalue weighted by Gasteiger charge is -2.25. The number of benzene rings is 1. The van der Waals surface area contributed by atoms with Crippen molar-refractivity contribution in [3.63, 3.8) is 0 Å². The molecular formula is C21H23FN4O. The SMILES string of the molecule is CC(C)(C)C(=O)N1CC[C@H](c2ccnc3ncc(-c4ccc(F)cc4)n23)C1. The number of fused-ring (bicyclic) bond motifs is 1. The summed E-state index contributed by atoms with van der Waals surface area (Å²) in [5, 5.41) is 0. The molecule has 0 N–H and O–H groups in total. The van der Waals surface area contributed by atoms with Crippen LogP contribution in [0.25, 0.3) is 17.0 Å². The molecule has 0 aliphatic carbocycles. The van der Waals surface area contributed by atoms with Gasteiger partial charge in [-0.15, -0.1) is 0 Å². The number of likely N-dealkylation sites (tertiary alicyclic amines) is 1. The zero-order chi connectivity index (χ0) is 19.2. The van der Waals surface area contributed by atoms with E-state index in [4.69, 9.17) is 0 Å². The average molecular weight is 366 g/mol. The molecule has 140 valence electrons. The summed E-state index contributed by atoms with van der Waals surface area (Å²) < 4.78 is 15.3. The van der Waals surface area contributed by atoms with Gasteiger partial charge in [0.25, 0.3) is 0 Å². The first-order valence-corrected chi connectivity index (χ1v) is 9.22. The Labute approximate surface area is 157 Å². The van der Waals surface area contributed by atoms with Crippen molar-refractivity contribution in [2.24, 2.45) is 5.41 Å². The van der Waals surface area contributed by atoms with Crippen molar-refractivity contribution in [2.45, 2.75) is 33.1 Å². The van der Waals surface area contributed by atoms with Crippen LogP contribution in [0.4, 0.5) is 4.39 Å². The van der Waals surface area contributed by atoms with Crippen LogP contribution in [0.15, 0.2) is 42.7 Å². The van der Waals surface area contributed by atoms with Crippen LogP contribution in [-0.2, 0) is 4.79 Å². The largest absolute Gasteiger partial charge is 0.342 e. The molecule has 0 unspecified atom stereocenters. The lowest BCUT2D eigenvalue weighted by atomic mass is 9.95. The minimum absolute atomic E-state index is 0.180.